The fourth-order valence-electron chi connectivity index (χ4n) is 1.98. The molecule has 0 aromatic heterocycles. The Kier molecular flexibility index (Phi) is 3.38. The summed E-state index contributed by atoms with van der Waals surface area (Å²) in [7, 11) is -3.78. The summed E-state index contributed by atoms with van der Waals surface area (Å²) < 4.78 is 22.5. The quantitative estimate of drug-likeness (QED) is 0.786. The normalized spacial score (nSPS) is 20.4. The van der Waals surface area contributed by atoms with Crippen LogP contribution in [0.25, 0.3) is 0 Å². The predicted octanol–water partition coefficient (Wildman–Crippen LogP) is -0.321. The smallest absolute Gasteiger partial charge is 0.238 e. The van der Waals surface area contributed by atoms with E-state index in [4.69, 9.17) is 10.2 Å². The van der Waals surface area contributed by atoms with E-state index < -0.39 is 10.0 Å². The van der Waals surface area contributed by atoms with Gasteiger partial charge in [0.2, 0.25) is 15.9 Å². The first-order chi connectivity index (χ1) is 8.41. The standard InChI is InChI=1S/C11H14N2O4S/c12-18(16,17)10-3-1-2-9(5-10)13-6-8(7-14)4-11(13)15/h1-3,5,8,14H,4,6-7H2,(H2,12,16,17). The molecule has 1 heterocycles. The maximum Gasteiger partial charge on any atom is 0.238 e. The van der Waals surface area contributed by atoms with Crippen molar-refractivity contribution >= 4 is 21.6 Å². The third-order valence-corrected chi connectivity index (χ3v) is 3.83. The molecule has 98 valence electrons. The molecule has 6 nitrogen and oxygen atoms in total. The minimum atomic E-state index is -3.78. The van der Waals surface area contributed by atoms with Crippen LogP contribution in [0.15, 0.2) is 29.2 Å². The van der Waals surface area contributed by atoms with Crippen molar-refractivity contribution < 1.29 is 18.3 Å². The van der Waals surface area contributed by atoms with E-state index in [0.717, 1.165) is 0 Å². The topological polar surface area (TPSA) is 101 Å². The number of carbonyl (C=O) groups excluding carboxylic acids is 1. The lowest BCUT2D eigenvalue weighted by molar-refractivity contribution is -0.117. The van der Waals surface area contributed by atoms with Crippen LogP contribution in [0, 0.1) is 5.92 Å². The molecule has 0 saturated carbocycles. The van der Waals surface area contributed by atoms with Crippen LogP contribution < -0.4 is 10.0 Å². The lowest BCUT2D eigenvalue weighted by Crippen LogP contribution is -2.25. The van der Waals surface area contributed by atoms with Gasteiger partial charge in [-0.2, -0.15) is 0 Å². The van der Waals surface area contributed by atoms with Gasteiger partial charge in [0.15, 0.2) is 0 Å². The number of nitrogens with two attached hydrogens (primary N) is 1. The molecule has 0 spiro atoms. The second-order valence-electron chi connectivity index (χ2n) is 4.30. The summed E-state index contributed by atoms with van der Waals surface area (Å²) in [5.74, 6) is -0.226. The molecule has 1 aliphatic heterocycles. The van der Waals surface area contributed by atoms with Crippen LogP contribution in [0.2, 0.25) is 0 Å². The number of sulfonamides is 1. The maximum absolute atomic E-state index is 11.7. The summed E-state index contributed by atoms with van der Waals surface area (Å²) in [6.07, 6.45) is 0.274. The van der Waals surface area contributed by atoms with Gasteiger partial charge < -0.3 is 10.0 Å². The summed E-state index contributed by atoms with van der Waals surface area (Å²) in [5.41, 5.74) is 0.488. The van der Waals surface area contributed by atoms with Gasteiger partial charge in [-0.25, -0.2) is 13.6 Å². The fourth-order valence-corrected chi connectivity index (χ4v) is 2.54. The number of carbonyl (C=O) groups is 1. The zero-order valence-electron chi connectivity index (χ0n) is 9.61. The third kappa shape index (κ3) is 2.53. The Bertz CT molecular complexity index is 570. The highest BCUT2D eigenvalue weighted by Gasteiger charge is 2.30. The van der Waals surface area contributed by atoms with Crippen molar-refractivity contribution in [3.63, 3.8) is 0 Å². The SMILES string of the molecule is NS(=O)(=O)c1cccc(N2CC(CO)CC2=O)c1. The van der Waals surface area contributed by atoms with Crippen molar-refractivity contribution in [2.45, 2.75) is 11.3 Å². The second-order valence-corrected chi connectivity index (χ2v) is 5.86. The van der Waals surface area contributed by atoms with Crippen molar-refractivity contribution in [3.05, 3.63) is 24.3 Å². The fraction of sp³-hybridized carbons (Fsp3) is 0.364. The number of amides is 1. The van der Waals surface area contributed by atoms with Crippen LogP contribution in [-0.2, 0) is 14.8 Å². The molecule has 3 N–H and O–H groups in total. The zero-order valence-corrected chi connectivity index (χ0v) is 10.4. The molecule has 0 aliphatic carbocycles. The summed E-state index contributed by atoms with van der Waals surface area (Å²) >= 11 is 0. The first-order valence-electron chi connectivity index (χ1n) is 5.46. The monoisotopic (exact) mass is 270 g/mol. The average molecular weight is 270 g/mol. The number of rotatable bonds is 3. The van der Waals surface area contributed by atoms with Crippen LogP contribution in [0.5, 0.6) is 0 Å². The summed E-state index contributed by atoms with van der Waals surface area (Å²) in [5, 5.41) is 14.1. The highest BCUT2D eigenvalue weighted by Crippen LogP contribution is 2.26. The van der Waals surface area contributed by atoms with Gasteiger partial charge in [-0.15, -0.1) is 0 Å². The first kappa shape index (κ1) is 13.0. The molecule has 2 rings (SSSR count). The number of nitrogens with zero attached hydrogens (tertiary/aromatic N) is 1. The van der Waals surface area contributed by atoms with Crippen LogP contribution in [-0.4, -0.2) is 32.6 Å². The Morgan fingerprint density at radius 2 is 2.17 bits per heavy atom. The Morgan fingerprint density at radius 1 is 1.44 bits per heavy atom. The molecule has 1 unspecified atom stereocenters. The lowest BCUT2D eigenvalue weighted by atomic mass is 10.1. The van der Waals surface area contributed by atoms with Crippen molar-refractivity contribution in [2.75, 3.05) is 18.1 Å². The van der Waals surface area contributed by atoms with Gasteiger partial charge in [0, 0.05) is 31.2 Å². The Morgan fingerprint density at radius 3 is 2.72 bits per heavy atom. The van der Waals surface area contributed by atoms with Gasteiger partial charge in [0.05, 0.1) is 4.90 Å². The molecule has 7 heteroatoms. The highest BCUT2D eigenvalue weighted by atomic mass is 32.2. The molecule has 1 saturated heterocycles. The number of hydrogen-bond donors (Lipinski definition) is 2. The first-order valence-corrected chi connectivity index (χ1v) is 7.00. The van der Waals surface area contributed by atoms with Crippen LogP contribution in [0.4, 0.5) is 5.69 Å². The van der Waals surface area contributed by atoms with E-state index in [1.54, 1.807) is 6.07 Å². The van der Waals surface area contributed by atoms with Gasteiger partial charge in [0.25, 0.3) is 0 Å². The van der Waals surface area contributed by atoms with E-state index in [9.17, 15) is 13.2 Å². The van der Waals surface area contributed by atoms with Gasteiger partial charge in [-0.05, 0) is 18.2 Å². The summed E-state index contributed by atoms with van der Waals surface area (Å²) in [6, 6.07) is 5.93. The Balaban J connectivity index is 2.32. The number of primary sulfonamides is 1. The summed E-state index contributed by atoms with van der Waals surface area (Å²) in [4.78, 5) is 13.2. The number of aliphatic hydroxyl groups excluding tert-OH is 1. The van der Waals surface area contributed by atoms with Crippen molar-refractivity contribution in [1.29, 1.82) is 0 Å². The predicted molar refractivity (Wildman–Crippen MR) is 65.4 cm³/mol. The molecule has 1 atom stereocenters. The Hall–Kier alpha value is -1.44. The second kappa shape index (κ2) is 4.68. The van der Waals surface area contributed by atoms with E-state index >= 15 is 0 Å². The van der Waals surface area contributed by atoms with Gasteiger partial charge >= 0.3 is 0 Å². The number of hydrogen-bond acceptors (Lipinski definition) is 4. The minimum Gasteiger partial charge on any atom is -0.396 e. The van der Waals surface area contributed by atoms with Gasteiger partial charge in [0.1, 0.15) is 0 Å². The molecule has 18 heavy (non-hydrogen) atoms. The molecule has 1 amide bonds. The van der Waals surface area contributed by atoms with Crippen LogP contribution >= 0.6 is 0 Å². The molecular weight excluding hydrogens is 256 g/mol. The average Bonchev–Trinajstić information content (AvgIpc) is 2.70. The van der Waals surface area contributed by atoms with Crippen LogP contribution in [0.3, 0.4) is 0 Å². The molecule has 0 bridgehead atoms. The van der Waals surface area contributed by atoms with E-state index in [1.807, 2.05) is 0 Å². The summed E-state index contributed by atoms with van der Waals surface area (Å²) in [6.45, 7) is 0.334. The van der Waals surface area contributed by atoms with Crippen molar-refractivity contribution in [2.24, 2.45) is 11.1 Å². The molecule has 0 radical (unpaired) electrons. The van der Waals surface area contributed by atoms with E-state index in [2.05, 4.69) is 0 Å². The number of anilines is 1. The van der Waals surface area contributed by atoms with E-state index in [-0.39, 0.29) is 29.7 Å². The molecule has 1 fully saturated rings. The van der Waals surface area contributed by atoms with E-state index in [0.29, 0.717) is 12.2 Å². The largest absolute Gasteiger partial charge is 0.396 e. The lowest BCUT2D eigenvalue weighted by Gasteiger charge is -2.17. The third-order valence-electron chi connectivity index (χ3n) is 2.92. The maximum atomic E-state index is 11.7. The van der Waals surface area contributed by atoms with Crippen molar-refractivity contribution in [3.8, 4) is 0 Å². The van der Waals surface area contributed by atoms with Crippen LogP contribution in [0.1, 0.15) is 6.42 Å². The van der Waals surface area contributed by atoms with Gasteiger partial charge in [-0.3, -0.25) is 4.79 Å². The molecule has 1 aromatic rings. The molecular formula is C11H14N2O4S. The van der Waals surface area contributed by atoms with Crippen molar-refractivity contribution in [1.82, 2.24) is 0 Å². The molecule has 1 aliphatic rings. The number of aliphatic hydroxyl groups is 1. The minimum absolute atomic E-state index is 0.0275. The number of benzene rings is 1. The zero-order chi connectivity index (χ0) is 13.3. The van der Waals surface area contributed by atoms with Gasteiger partial charge in [-0.1, -0.05) is 6.07 Å². The highest BCUT2D eigenvalue weighted by molar-refractivity contribution is 7.89. The molecule has 1 aromatic carbocycles. The van der Waals surface area contributed by atoms with E-state index in [1.165, 1.54) is 23.1 Å². The Labute approximate surface area is 105 Å².